The molecule has 22 heavy (non-hydrogen) atoms. The third-order valence-electron chi connectivity index (χ3n) is 3.89. The number of hydrogen-bond acceptors (Lipinski definition) is 3. The summed E-state index contributed by atoms with van der Waals surface area (Å²) in [7, 11) is 0. The van der Waals surface area contributed by atoms with Crippen LogP contribution in [0.15, 0.2) is 24.3 Å². The number of hydrogen-bond donors (Lipinski definition) is 2. The maximum Gasteiger partial charge on any atom is 0.311 e. The van der Waals surface area contributed by atoms with Gasteiger partial charge in [-0.05, 0) is 31.9 Å². The minimum atomic E-state index is -0.978. The quantitative estimate of drug-likeness (QED) is 0.774. The van der Waals surface area contributed by atoms with Crippen LogP contribution < -0.4 is 10.1 Å². The summed E-state index contributed by atoms with van der Waals surface area (Å²) >= 11 is 0. The first-order chi connectivity index (χ1) is 10.3. The molecule has 1 unspecified atom stereocenters. The van der Waals surface area contributed by atoms with Crippen molar-refractivity contribution >= 4 is 11.9 Å². The molecule has 122 valence electrons. The van der Waals surface area contributed by atoms with E-state index in [2.05, 4.69) is 5.32 Å². The van der Waals surface area contributed by atoms with Gasteiger partial charge in [0.1, 0.15) is 11.6 Å². The highest BCUT2D eigenvalue weighted by molar-refractivity contribution is 5.82. The van der Waals surface area contributed by atoms with Crippen LogP contribution in [0.3, 0.4) is 0 Å². The number of carboxylic acid groups (broad SMARTS) is 1. The van der Waals surface area contributed by atoms with Gasteiger partial charge in [0, 0.05) is 12.6 Å². The molecule has 1 rings (SSSR count). The fourth-order valence-electron chi connectivity index (χ4n) is 2.08. The Morgan fingerprint density at radius 1 is 1.36 bits per heavy atom. The maximum absolute atomic E-state index is 13.1. The van der Waals surface area contributed by atoms with Gasteiger partial charge in [-0.15, -0.1) is 0 Å². The second-order valence-corrected chi connectivity index (χ2v) is 5.23. The van der Waals surface area contributed by atoms with Crippen LogP contribution in [0.2, 0.25) is 0 Å². The maximum atomic E-state index is 13.1. The second-order valence-electron chi connectivity index (χ2n) is 5.23. The monoisotopic (exact) mass is 311 g/mol. The van der Waals surface area contributed by atoms with Crippen LogP contribution in [0.25, 0.3) is 0 Å². The van der Waals surface area contributed by atoms with Gasteiger partial charge in [0.15, 0.2) is 6.10 Å². The highest BCUT2D eigenvalue weighted by Gasteiger charge is 2.35. The SMILES string of the molecule is CCC(CC)(CNC(=O)C(C)Oc1cccc(F)c1)C(=O)O. The van der Waals surface area contributed by atoms with Gasteiger partial charge < -0.3 is 15.2 Å². The molecule has 0 saturated heterocycles. The van der Waals surface area contributed by atoms with E-state index in [-0.39, 0.29) is 12.3 Å². The number of nitrogens with one attached hydrogen (secondary N) is 1. The van der Waals surface area contributed by atoms with Crippen LogP contribution in [-0.4, -0.2) is 29.6 Å². The smallest absolute Gasteiger partial charge is 0.311 e. The van der Waals surface area contributed by atoms with Crippen LogP contribution in [0, 0.1) is 11.2 Å². The van der Waals surface area contributed by atoms with E-state index in [0.29, 0.717) is 12.8 Å². The first-order valence-electron chi connectivity index (χ1n) is 7.28. The highest BCUT2D eigenvalue weighted by Crippen LogP contribution is 2.25. The molecular weight excluding hydrogens is 289 g/mol. The first kappa shape index (κ1) is 17.9. The van der Waals surface area contributed by atoms with E-state index >= 15 is 0 Å². The minimum Gasteiger partial charge on any atom is -0.481 e. The number of aliphatic carboxylic acids is 1. The molecule has 1 atom stereocenters. The molecule has 0 aliphatic heterocycles. The fraction of sp³-hybridized carbons (Fsp3) is 0.500. The lowest BCUT2D eigenvalue weighted by Gasteiger charge is -2.27. The molecule has 0 heterocycles. The summed E-state index contributed by atoms with van der Waals surface area (Å²) in [4.78, 5) is 23.4. The molecule has 0 fully saturated rings. The number of rotatable bonds is 8. The molecule has 1 aromatic carbocycles. The van der Waals surface area contributed by atoms with Crippen LogP contribution in [-0.2, 0) is 9.59 Å². The predicted molar refractivity (Wildman–Crippen MR) is 80.2 cm³/mol. The predicted octanol–water partition coefficient (Wildman–Crippen LogP) is 2.60. The van der Waals surface area contributed by atoms with Gasteiger partial charge in [-0.1, -0.05) is 19.9 Å². The van der Waals surface area contributed by atoms with E-state index in [9.17, 15) is 19.1 Å². The van der Waals surface area contributed by atoms with E-state index < -0.39 is 29.2 Å². The molecule has 2 N–H and O–H groups in total. The summed E-state index contributed by atoms with van der Waals surface area (Å²) in [6.07, 6.45) is -0.0155. The largest absolute Gasteiger partial charge is 0.481 e. The summed E-state index contributed by atoms with van der Waals surface area (Å²) < 4.78 is 18.4. The molecule has 1 aromatic rings. The van der Waals surface area contributed by atoms with Gasteiger partial charge >= 0.3 is 5.97 Å². The molecule has 0 bridgehead atoms. The van der Waals surface area contributed by atoms with E-state index in [0.717, 1.165) is 0 Å². The Balaban J connectivity index is 2.62. The lowest BCUT2D eigenvalue weighted by molar-refractivity contribution is -0.149. The molecule has 0 spiro atoms. The Labute approximate surface area is 129 Å². The molecule has 6 heteroatoms. The summed E-state index contributed by atoms with van der Waals surface area (Å²) in [6.45, 7) is 5.11. The summed E-state index contributed by atoms with van der Waals surface area (Å²) in [5.41, 5.74) is -0.978. The van der Waals surface area contributed by atoms with Gasteiger partial charge in [0.05, 0.1) is 5.41 Å². The number of halogens is 1. The second kappa shape index (κ2) is 7.77. The van der Waals surface area contributed by atoms with E-state index in [1.165, 1.54) is 25.1 Å². The molecular formula is C16H22FNO4. The van der Waals surface area contributed by atoms with Crippen molar-refractivity contribution in [3.8, 4) is 5.75 Å². The fourth-order valence-corrected chi connectivity index (χ4v) is 2.08. The van der Waals surface area contributed by atoms with Gasteiger partial charge in [0.2, 0.25) is 0 Å². The highest BCUT2D eigenvalue weighted by atomic mass is 19.1. The van der Waals surface area contributed by atoms with Crippen molar-refractivity contribution in [2.75, 3.05) is 6.54 Å². The van der Waals surface area contributed by atoms with Gasteiger partial charge in [-0.25, -0.2) is 4.39 Å². The number of carbonyl (C=O) groups is 2. The van der Waals surface area contributed by atoms with Crippen molar-refractivity contribution in [2.24, 2.45) is 5.41 Å². The molecule has 0 radical (unpaired) electrons. The number of amides is 1. The summed E-state index contributed by atoms with van der Waals surface area (Å²) in [5, 5.41) is 11.9. The molecule has 0 aliphatic rings. The van der Waals surface area contributed by atoms with E-state index in [4.69, 9.17) is 4.74 Å². The Bertz CT molecular complexity index is 529. The Hall–Kier alpha value is -2.11. The first-order valence-corrected chi connectivity index (χ1v) is 7.28. The van der Waals surface area contributed by atoms with E-state index in [1.54, 1.807) is 19.9 Å². The molecule has 0 aliphatic carbocycles. The van der Waals surface area contributed by atoms with Crippen LogP contribution in [0.5, 0.6) is 5.75 Å². The average molecular weight is 311 g/mol. The molecule has 0 saturated carbocycles. The molecule has 0 aromatic heterocycles. The summed E-state index contributed by atoms with van der Waals surface area (Å²) in [5.74, 6) is -1.57. The lowest BCUT2D eigenvalue weighted by Crippen LogP contribution is -2.46. The number of benzene rings is 1. The Morgan fingerprint density at radius 2 is 2.00 bits per heavy atom. The Morgan fingerprint density at radius 3 is 2.50 bits per heavy atom. The van der Waals surface area contributed by atoms with Crippen LogP contribution >= 0.6 is 0 Å². The van der Waals surface area contributed by atoms with Crippen molar-refractivity contribution in [3.63, 3.8) is 0 Å². The number of ether oxygens (including phenoxy) is 1. The lowest BCUT2D eigenvalue weighted by atomic mass is 9.82. The Kier molecular flexibility index (Phi) is 6.34. The zero-order chi connectivity index (χ0) is 16.8. The van der Waals surface area contributed by atoms with Crippen molar-refractivity contribution in [1.29, 1.82) is 0 Å². The van der Waals surface area contributed by atoms with Crippen molar-refractivity contribution in [2.45, 2.75) is 39.7 Å². The van der Waals surface area contributed by atoms with Crippen molar-refractivity contribution < 1.29 is 23.8 Å². The normalized spacial score (nSPS) is 12.5. The van der Waals surface area contributed by atoms with Gasteiger partial charge in [0.25, 0.3) is 5.91 Å². The standard InChI is InChI=1S/C16H22FNO4/c1-4-16(5-2,15(20)21)10-18-14(19)11(3)22-13-8-6-7-12(17)9-13/h6-9,11H,4-5,10H2,1-3H3,(H,18,19)(H,20,21). The zero-order valence-corrected chi connectivity index (χ0v) is 13.1. The third-order valence-corrected chi connectivity index (χ3v) is 3.89. The van der Waals surface area contributed by atoms with Gasteiger partial charge in [-0.3, -0.25) is 9.59 Å². The van der Waals surface area contributed by atoms with Crippen molar-refractivity contribution in [3.05, 3.63) is 30.1 Å². The van der Waals surface area contributed by atoms with E-state index in [1.807, 2.05) is 0 Å². The topological polar surface area (TPSA) is 75.6 Å². The third kappa shape index (κ3) is 4.44. The van der Waals surface area contributed by atoms with Crippen LogP contribution in [0.4, 0.5) is 4.39 Å². The summed E-state index contributed by atoms with van der Waals surface area (Å²) in [6, 6.07) is 5.50. The minimum absolute atomic E-state index is 0.0328. The molecule has 1 amide bonds. The van der Waals surface area contributed by atoms with Gasteiger partial charge in [-0.2, -0.15) is 0 Å². The van der Waals surface area contributed by atoms with Crippen LogP contribution in [0.1, 0.15) is 33.6 Å². The number of carboxylic acids is 1. The zero-order valence-electron chi connectivity index (χ0n) is 13.1. The number of carbonyl (C=O) groups excluding carboxylic acids is 1. The average Bonchev–Trinajstić information content (AvgIpc) is 2.48. The molecule has 5 nitrogen and oxygen atoms in total. The van der Waals surface area contributed by atoms with Crippen molar-refractivity contribution in [1.82, 2.24) is 5.32 Å².